The number of amides is 1. The first-order valence-electron chi connectivity index (χ1n) is 11.2. The van der Waals surface area contributed by atoms with Crippen molar-refractivity contribution in [2.45, 2.75) is 38.6 Å². The molecule has 3 aromatic rings. The minimum Gasteiger partial charge on any atom is -0.490 e. The summed E-state index contributed by atoms with van der Waals surface area (Å²) >= 11 is 0. The Kier molecular flexibility index (Phi) is 5.59. The zero-order valence-corrected chi connectivity index (χ0v) is 18.8. The Balaban J connectivity index is 1.44. The molecule has 1 saturated heterocycles. The number of carbonyl (C=O) groups excluding carboxylic acids is 1. The number of alkyl halides is 3. The monoisotopic (exact) mass is 474 g/mol. The van der Waals surface area contributed by atoms with Gasteiger partial charge in [-0.05, 0) is 26.0 Å². The summed E-state index contributed by atoms with van der Waals surface area (Å²) in [6.07, 6.45) is 1.26. The molecule has 180 valence electrons. The maximum atomic E-state index is 13.2. The third kappa shape index (κ3) is 4.39. The van der Waals surface area contributed by atoms with E-state index in [2.05, 4.69) is 15.4 Å². The lowest BCUT2D eigenvalue weighted by atomic mass is 10.1. The summed E-state index contributed by atoms with van der Waals surface area (Å²) in [6.45, 7) is 3.88. The highest BCUT2D eigenvalue weighted by atomic mass is 19.4. The first-order valence-corrected chi connectivity index (χ1v) is 11.2. The standard InChI is InChI=1S/C23H25F3N6O2/c1-14-12-30(6-7-31(14)13-23(24,25)26)19-10-20-16(8-15(2)34-20)9-18(19)29-22(33)17-11-28-32-5-3-4-27-21(17)32/h3-5,9-11,14-15H,6-8,12-13H2,1-2H3,(H,29,33)/t14-,15?/m0/s1. The van der Waals surface area contributed by atoms with Crippen LogP contribution < -0.4 is 15.0 Å². The van der Waals surface area contributed by atoms with Gasteiger partial charge in [0.2, 0.25) is 0 Å². The highest BCUT2D eigenvalue weighted by molar-refractivity contribution is 6.09. The molecule has 4 heterocycles. The Hall–Kier alpha value is -3.34. The van der Waals surface area contributed by atoms with Gasteiger partial charge in [0.05, 0.1) is 24.1 Å². The Morgan fingerprint density at radius 2 is 2.09 bits per heavy atom. The Morgan fingerprint density at radius 1 is 1.26 bits per heavy atom. The minimum atomic E-state index is -4.24. The van der Waals surface area contributed by atoms with Crippen molar-refractivity contribution in [2.24, 2.45) is 0 Å². The van der Waals surface area contributed by atoms with E-state index in [-0.39, 0.29) is 24.6 Å². The van der Waals surface area contributed by atoms with E-state index in [9.17, 15) is 18.0 Å². The molecule has 1 aromatic carbocycles. The first kappa shape index (κ1) is 22.5. The van der Waals surface area contributed by atoms with E-state index in [1.807, 2.05) is 24.0 Å². The van der Waals surface area contributed by atoms with Crippen LogP contribution in [0.4, 0.5) is 24.5 Å². The van der Waals surface area contributed by atoms with Crippen LogP contribution in [0.1, 0.15) is 29.8 Å². The van der Waals surface area contributed by atoms with Gasteiger partial charge < -0.3 is 15.0 Å². The molecule has 34 heavy (non-hydrogen) atoms. The van der Waals surface area contributed by atoms with Gasteiger partial charge in [-0.15, -0.1) is 0 Å². The van der Waals surface area contributed by atoms with E-state index in [0.29, 0.717) is 36.4 Å². The Bertz CT molecular complexity index is 1230. The molecule has 0 bridgehead atoms. The number of fused-ring (bicyclic) bond motifs is 2. The number of hydrogen-bond donors (Lipinski definition) is 1. The highest BCUT2D eigenvalue weighted by Gasteiger charge is 2.36. The SMILES string of the molecule is CC1Cc2cc(NC(=O)c3cnn4cccnc34)c(N3CCN(CC(F)(F)F)[C@@H](C)C3)cc2O1. The fourth-order valence-electron chi connectivity index (χ4n) is 4.67. The van der Waals surface area contributed by atoms with Gasteiger partial charge in [0.1, 0.15) is 17.4 Å². The molecule has 1 fully saturated rings. The molecule has 0 radical (unpaired) electrons. The van der Waals surface area contributed by atoms with Gasteiger partial charge in [0.25, 0.3) is 5.91 Å². The van der Waals surface area contributed by atoms with Crippen LogP contribution in [-0.2, 0) is 6.42 Å². The van der Waals surface area contributed by atoms with Crippen molar-refractivity contribution in [1.82, 2.24) is 19.5 Å². The highest BCUT2D eigenvalue weighted by Crippen LogP contribution is 2.39. The van der Waals surface area contributed by atoms with E-state index in [4.69, 9.17) is 4.74 Å². The van der Waals surface area contributed by atoms with Crippen molar-refractivity contribution >= 4 is 22.9 Å². The van der Waals surface area contributed by atoms with Crippen LogP contribution in [0, 0.1) is 0 Å². The van der Waals surface area contributed by atoms with Gasteiger partial charge in [0.15, 0.2) is 5.65 Å². The predicted molar refractivity (Wildman–Crippen MR) is 120 cm³/mol. The molecule has 2 aliphatic rings. The quantitative estimate of drug-likeness (QED) is 0.625. The van der Waals surface area contributed by atoms with Crippen molar-refractivity contribution in [3.8, 4) is 5.75 Å². The van der Waals surface area contributed by atoms with Crippen molar-refractivity contribution in [1.29, 1.82) is 0 Å². The van der Waals surface area contributed by atoms with Crippen molar-refractivity contribution in [3.63, 3.8) is 0 Å². The summed E-state index contributed by atoms with van der Waals surface area (Å²) < 4.78 is 46.3. The van der Waals surface area contributed by atoms with Crippen molar-refractivity contribution in [2.75, 3.05) is 36.4 Å². The fourth-order valence-corrected chi connectivity index (χ4v) is 4.67. The number of benzene rings is 1. The van der Waals surface area contributed by atoms with Gasteiger partial charge in [0, 0.05) is 56.1 Å². The van der Waals surface area contributed by atoms with E-state index in [0.717, 1.165) is 17.0 Å². The minimum absolute atomic E-state index is 0.0141. The third-order valence-corrected chi connectivity index (χ3v) is 6.27. The smallest absolute Gasteiger partial charge is 0.401 e. The maximum absolute atomic E-state index is 13.2. The normalized spacial score (nSPS) is 20.9. The number of nitrogens with one attached hydrogen (secondary N) is 1. The van der Waals surface area contributed by atoms with Crippen LogP contribution in [0.5, 0.6) is 5.75 Å². The number of aromatic nitrogens is 3. The molecule has 1 unspecified atom stereocenters. The molecule has 0 spiro atoms. The second-order valence-electron chi connectivity index (χ2n) is 8.89. The number of carbonyl (C=O) groups is 1. The van der Waals surface area contributed by atoms with Gasteiger partial charge in [-0.1, -0.05) is 0 Å². The molecule has 0 aliphatic carbocycles. The third-order valence-electron chi connectivity index (χ3n) is 6.27. The summed E-state index contributed by atoms with van der Waals surface area (Å²) in [4.78, 5) is 20.9. The number of anilines is 2. The first-order chi connectivity index (χ1) is 16.2. The largest absolute Gasteiger partial charge is 0.490 e. The van der Waals surface area contributed by atoms with Crippen LogP contribution in [0.15, 0.2) is 36.8 Å². The second-order valence-corrected chi connectivity index (χ2v) is 8.89. The summed E-state index contributed by atoms with van der Waals surface area (Å²) in [5, 5.41) is 7.16. The summed E-state index contributed by atoms with van der Waals surface area (Å²) in [6, 6.07) is 5.20. The molecule has 2 aliphatic heterocycles. The average molecular weight is 474 g/mol. The summed E-state index contributed by atoms with van der Waals surface area (Å²) in [7, 11) is 0. The molecule has 1 amide bonds. The van der Waals surface area contributed by atoms with E-state index >= 15 is 0 Å². The van der Waals surface area contributed by atoms with Crippen molar-refractivity contribution < 1.29 is 22.7 Å². The zero-order valence-electron chi connectivity index (χ0n) is 18.8. The van der Waals surface area contributed by atoms with E-state index in [1.165, 1.54) is 15.6 Å². The number of hydrogen-bond acceptors (Lipinski definition) is 6. The topological polar surface area (TPSA) is 75.0 Å². The van der Waals surface area contributed by atoms with Crippen LogP contribution in [0.2, 0.25) is 0 Å². The molecule has 11 heteroatoms. The number of nitrogens with zero attached hydrogens (tertiary/aromatic N) is 5. The molecule has 8 nitrogen and oxygen atoms in total. The van der Waals surface area contributed by atoms with Crippen LogP contribution in [0.25, 0.3) is 5.65 Å². The number of ether oxygens (including phenoxy) is 1. The average Bonchev–Trinajstić information content (AvgIpc) is 3.36. The molecule has 0 saturated carbocycles. The summed E-state index contributed by atoms with van der Waals surface area (Å²) in [5.74, 6) is 0.383. The number of piperazine rings is 1. The fraction of sp³-hybridized carbons (Fsp3) is 0.435. The summed E-state index contributed by atoms with van der Waals surface area (Å²) in [5.41, 5.74) is 3.07. The molecular weight excluding hydrogens is 449 g/mol. The maximum Gasteiger partial charge on any atom is 0.401 e. The lowest BCUT2D eigenvalue weighted by Gasteiger charge is -2.41. The molecule has 2 atom stereocenters. The molecule has 5 rings (SSSR count). The Labute approximate surface area is 194 Å². The zero-order chi connectivity index (χ0) is 24.0. The molecule has 1 N–H and O–H groups in total. The lowest BCUT2D eigenvalue weighted by Crippen LogP contribution is -2.54. The van der Waals surface area contributed by atoms with Gasteiger partial charge in [-0.25, -0.2) is 9.50 Å². The predicted octanol–water partition coefficient (Wildman–Crippen LogP) is 3.38. The van der Waals surface area contributed by atoms with Crippen LogP contribution >= 0.6 is 0 Å². The van der Waals surface area contributed by atoms with E-state index in [1.54, 1.807) is 25.4 Å². The lowest BCUT2D eigenvalue weighted by molar-refractivity contribution is -0.150. The van der Waals surface area contributed by atoms with Crippen molar-refractivity contribution in [3.05, 3.63) is 47.9 Å². The molecular formula is C23H25F3N6O2. The van der Waals surface area contributed by atoms with Crippen LogP contribution in [-0.4, -0.2) is 69.9 Å². The second kappa shape index (κ2) is 8.46. The number of halogens is 3. The van der Waals surface area contributed by atoms with Gasteiger partial charge in [-0.2, -0.15) is 18.3 Å². The molecule has 2 aromatic heterocycles. The van der Waals surface area contributed by atoms with Crippen LogP contribution in [0.3, 0.4) is 0 Å². The van der Waals surface area contributed by atoms with E-state index < -0.39 is 12.7 Å². The van der Waals surface area contributed by atoms with Gasteiger partial charge in [-0.3, -0.25) is 9.69 Å². The Morgan fingerprint density at radius 3 is 2.85 bits per heavy atom. The van der Waals surface area contributed by atoms with Gasteiger partial charge >= 0.3 is 6.18 Å². The number of rotatable bonds is 4.